The lowest BCUT2D eigenvalue weighted by molar-refractivity contribution is 0.151. The molecule has 1 heterocycles. The number of carbonyl (C=O) groups excluding carboxylic acids is 1. The van der Waals surface area contributed by atoms with Crippen molar-refractivity contribution in [2.24, 2.45) is 5.73 Å². The lowest BCUT2D eigenvalue weighted by Crippen LogP contribution is -2.11. The quantitative estimate of drug-likeness (QED) is 0.822. The summed E-state index contributed by atoms with van der Waals surface area (Å²) in [5, 5.41) is 1.17. The van der Waals surface area contributed by atoms with E-state index in [-0.39, 0.29) is 6.61 Å². The molecule has 2 aromatic rings. The van der Waals surface area contributed by atoms with E-state index in [1.54, 1.807) is 11.3 Å². The predicted octanol–water partition coefficient (Wildman–Crippen LogP) is 2.50. The van der Waals surface area contributed by atoms with E-state index in [4.69, 9.17) is 10.5 Å². The summed E-state index contributed by atoms with van der Waals surface area (Å²) in [4.78, 5) is 11.4. The summed E-state index contributed by atoms with van der Waals surface area (Å²) in [6, 6.07) is 10.0. The minimum Gasteiger partial charge on any atom is -0.444 e. The maximum atomic E-state index is 10.4. The van der Waals surface area contributed by atoms with Crippen LogP contribution in [0.25, 0.3) is 10.1 Å². The first-order valence-electron chi connectivity index (χ1n) is 4.15. The molecule has 0 radical (unpaired) electrons. The Hall–Kier alpha value is -1.55. The number of thiophene rings is 1. The van der Waals surface area contributed by atoms with Gasteiger partial charge < -0.3 is 10.5 Å². The highest BCUT2D eigenvalue weighted by Crippen LogP contribution is 2.25. The van der Waals surface area contributed by atoms with Crippen molar-refractivity contribution in [2.75, 3.05) is 0 Å². The first-order chi connectivity index (χ1) is 6.75. The second kappa shape index (κ2) is 3.67. The topological polar surface area (TPSA) is 52.3 Å². The SMILES string of the molecule is NC(=O)OCc1cc2ccccc2s1. The monoisotopic (exact) mass is 207 g/mol. The van der Waals surface area contributed by atoms with E-state index in [9.17, 15) is 4.79 Å². The second-order valence-electron chi connectivity index (χ2n) is 2.86. The Morgan fingerprint density at radius 3 is 2.93 bits per heavy atom. The van der Waals surface area contributed by atoms with Gasteiger partial charge in [-0.05, 0) is 17.5 Å². The van der Waals surface area contributed by atoms with Crippen LogP contribution in [0, 0.1) is 0 Å². The van der Waals surface area contributed by atoms with Crippen molar-refractivity contribution in [1.29, 1.82) is 0 Å². The van der Waals surface area contributed by atoms with Gasteiger partial charge in [0, 0.05) is 9.58 Å². The summed E-state index contributed by atoms with van der Waals surface area (Å²) >= 11 is 1.61. The lowest BCUT2D eigenvalue weighted by atomic mass is 10.2. The third-order valence-corrected chi connectivity index (χ3v) is 2.92. The van der Waals surface area contributed by atoms with Gasteiger partial charge >= 0.3 is 6.09 Å². The first kappa shape index (κ1) is 9.02. The van der Waals surface area contributed by atoms with Crippen LogP contribution < -0.4 is 5.73 Å². The zero-order chi connectivity index (χ0) is 9.97. The molecule has 1 aromatic heterocycles. The molecule has 0 unspecified atom stereocenters. The molecule has 0 fully saturated rings. The Kier molecular flexibility index (Phi) is 2.37. The summed E-state index contributed by atoms with van der Waals surface area (Å²) in [6.07, 6.45) is -0.734. The van der Waals surface area contributed by atoms with Gasteiger partial charge in [0.05, 0.1) is 0 Å². The molecular weight excluding hydrogens is 198 g/mol. The number of amides is 1. The van der Waals surface area contributed by atoms with Gasteiger partial charge in [-0.3, -0.25) is 0 Å². The van der Waals surface area contributed by atoms with E-state index >= 15 is 0 Å². The molecule has 2 rings (SSSR count). The first-order valence-corrected chi connectivity index (χ1v) is 4.97. The van der Waals surface area contributed by atoms with Gasteiger partial charge in [0.25, 0.3) is 0 Å². The molecule has 0 aliphatic heterocycles. The van der Waals surface area contributed by atoms with E-state index < -0.39 is 6.09 Å². The molecule has 3 nitrogen and oxygen atoms in total. The van der Waals surface area contributed by atoms with Gasteiger partial charge in [-0.15, -0.1) is 11.3 Å². The number of primary amides is 1. The Labute approximate surface area is 85.1 Å². The predicted molar refractivity (Wildman–Crippen MR) is 56.2 cm³/mol. The standard InChI is InChI=1S/C10H9NO2S/c11-10(12)13-6-8-5-7-3-1-2-4-9(7)14-8/h1-5H,6H2,(H2,11,12). The van der Waals surface area contributed by atoms with Crippen molar-refractivity contribution in [3.63, 3.8) is 0 Å². The highest BCUT2D eigenvalue weighted by molar-refractivity contribution is 7.19. The number of fused-ring (bicyclic) bond motifs is 1. The largest absolute Gasteiger partial charge is 0.444 e. The smallest absolute Gasteiger partial charge is 0.404 e. The summed E-state index contributed by atoms with van der Waals surface area (Å²) in [5.41, 5.74) is 4.88. The molecule has 2 N–H and O–H groups in total. The molecule has 0 bridgehead atoms. The van der Waals surface area contributed by atoms with Gasteiger partial charge in [0.1, 0.15) is 6.61 Å². The lowest BCUT2D eigenvalue weighted by Gasteiger charge is -1.95. The van der Waals surface area contributed by atoms with Gasteiger partial charge in [-0.2, -0.15) is 0 Å². The average molecular weight is 207 g/mol. The zero-order valence-electron chi connectivity index (χ0n) is 7.40. The molecule has 72 valence electrons. The third-order valence-electron chi connectivity index (χ3n) is 1.83. The van der Waals surface area contributed by atoms with E-state index in [2.05, 4.69) is 0 Å². The fourth-order valence-corrected chi connectivity index (χ4v) is 2.23. The number of rotatable bonds is 2. The van der Waals surface area contributed by atoms with Crippen molar-refractivity contribution in [3.8, 4) is 0 Å². The fraction of sp³-hybridized carbons (Fsp3) is 0.100. The van der Waals surface area contributed by atoms with E-state index in [0.29, 0.717) is 0 Å². The van der Waals surface area contributed by atoms with Crippen molar-refractivity contribution in [3.05, 3.63) is 35.2 Å². The third kappa shape index (κ3) is 1.85. The van der Waals surface area contributed by atoms with Crippen LogP contribution in [0.2, 0.25) is 0 Å². The number of ether oxygens (including phenoxy) is 1. The maximum absolute atomic E-state index is 10.4. The van der Waals surface area contributed by atoms with E-state index in [0.717, 1.165) is 4.88 Å². The van der Waals surface area contributed by atoms with Crippen molar-refractivity contribution in [2.45, 2.75) is 6.61 Å². The maximum Gasteiger partial charge on any atom is 0.404 e. The molecule has 4 heteroatoms. The Bertz CT molecular complexity index is 431. The van der Waals surface area contributed by atoms with Crippen molar-refractivity contribution >= 4 is 27.5 Å². The number of carbonyl (C=O) groups is 1. The molecular formula is C10H9NO2S. The number of hydrogen-bond acceptors (Lipinski definition) is 3. The van der Waals surface area contributed by atoms with Crippen LogP contribution >= 0.6 is 11.3 Å². The van der Waals surface area contributed by atoms with Crippen LogP contribution in [-0.2, 0) is 11.3 Å². The van der Waals surface area contributed by atoms with Crippen LogP contribution in [0.1, 0.15) is 4.88 Å². The summed E-state index contributed by atoms with van der Waals surface area (Å²) < 4.78 is 5.90. The Balaban J connectivity index is 2.22. The van der Waals surface area contributed by atoms with Crippen LogP contribution in [0.5, 0.6) is 0 Å². The van der Waals surface area contributed by atoms with Gasteiger partial charge in [-0.25, -0.2) is 4.79 Å². The molecule has 0 atom stereocenters. The van der Waals surface area contributed by atoms with Gasteiger partial charge in [-0.1, -0.05) is 18.2 Å². The van der Waals surface area contributed by atoms with Gasteiger partial charge in [0.2, 0.25) is 0 Å². The fourth-order valence-electron chi connectivity index (χ4n) is 1.25. The Morgan fingerprint density at radius 2 is 2.21 bits per heavy atom. The van der Waals surface area contributed by atoms with Gasteiger partial charge in [0.15, 0.2) is 0 Å². The molecule has 14 heavy (non-hydrogen) atoms. The minimum absolute atomic E-state index is 0.259. The highest BCUT2D eigenvalue weighted by atomic mass is 32.1. The molecule has 1 aromatic carbocycles. The Morgan fingerprint density at radius 1 is 1.43 bits per heavy atom. The number of benzene rings is 1. The van der Waals surface area contributed by atoms with Crippen LogP contribution in [0.3, 0.4) is 0 Å². The van der Waals surface area contributed by atoms with E-state index in [1.165, 1.54) is 10.1 Å². The molecule has 1 amide bonds. The second-order valence-corrected chi connectivity index (χ2v) is 4.03. The van der Waals surface area contributed by atoms with E-state index in [1.807, 2.05) is 30.3 Å². The van der Waals surface area contributed by atoms with Crippen molar-refractivity contribution in [1.82, 2.24) is 0 Å². The normalized spacial score (nSPS) is 10.3. The zero-order valence-corrected chi connectivity index (χ0v) is 8.21. The summed E-state index contributed by atoms with van der Waals surface area (Å²) in [6.45, 7) is 0.259. The van der Waals surface area contributed by atoms with Crippen LogP contribution in [0.15, 0.2) is 30.3 Å². The molecule has 0 aliphatic rings. The molecule has 0 saturated heterocycles. The summed E-state index contributed by atoms with van der Waals surface area (Å²) in [7, 11) is 0. The van der Waals surface area contributed by atoms with Crippen LogP contribution in [0.4, 0.5) is 4.79 Å². The number of nitrogens with two attached hydrogens (primary N) is 1. The molecule has 0 saturated carbocycles. The highest BCUT2D eigenvalue weighted by Gasteiger charge is 2.02. The molecule has 0 spiro atoms. The average Bonchev–Trinajstić information content (AvgIpc) is 2.57. The molecule has 0 aliphatic carbocycles. The van der Waals surface area contributed by atoms with Crippen molar-refractivity contribution < 1.29 is 9.53 Å². The number of hydrogen-bond donors (Lipinski definition) is 1. The minimum atomic E-state index is -0.734. The summed E-state index contributed by atoms with van der Waals surface area (Å²) in [5.74, 6) is 0. The van der Waals surface area contributed by atoms with Crippen LogP contribution in [-0.4, -0.2) is 6.09 Å².